The van der Waals surface area contributed by atoms with E-state index in [1.807, 2.05) is 0 Å². The fraction of sp³-hybridized carbons (Fsp3) is 0.200. The van der Waals surface area contributed by atoms with Crippen molar-refractivity contribution in [3.63, 3.8) is 0 Å². The number of rotatable bonds is 4. The van der Waals surface area contributed by atoms with Crippen LogP contribution in [-0.2, 0) is 0 Å². The molecular formula is C15H12F3NO4. The number of nitro groups is 1. The number of benzene rings is 2. The average molecular weight is 327 g/mol. The zero-order valence-electron chi connectivity index (χ0n) is 12.1. The first-order valence-corrected chi connectivity index (χ1v) is 6.50. The molecule has 1 unspecified atom stereocenters. The molecule has 0 saturated carbocycles. The number of aromatic hydroxyl groups is 1. The van der Waals surface area contributed by atoms with E-state index in [0.29, 0.717) is 0 Å². The molecule has 0 aromatic heterocycles. The molecule has 0 heterocycles. The Morgan fingerprint density at radius 3 is 2.48 bits per heavy atom. The summed E-state index contributed by atoms with van der Waals surface area (Å²) in [6.45, 7) is 2.42. The minimum Gasteiger partial charge on any atom is -0.508 e. The highest BCUT2D eigenvalue weighted by atomic mass is 19.2. The number of hydrogen-bond acceptors (Lipinski definition) is 4. The number of nitro benzene ring substituents is 1. The van der Waals surface area contributed by atoms with Gasteiger partial charge in [-0.05, 0) is 31.5 Å². The highest BCUT2D eigenvalue weighted by molar-refractivity contribution is 5.50. The molecule has 1 atom stereocenters. The third-order valence-corrected chi connectivity index (χ3v) is 3.23. The van der Waals surface area contributed by atoms with Gasteiger partial charge in [0, 0.05) is 12.1 Å². The van der Waals surface area contributed by atoms with Crippen molar-refractivity contribution in [1.29, 1.82) is 0 Å². The van der Waals surface area contributed by atoms with Gasteiger partial charge < -0.3 is 9.84 Å². The first-order chi connectivity index (χ1) is 10.7. The Balaban J connectivity index is 2.45. The molecule has 2 aromatic rings. The number of hydrogen-bond donors (Lipinski definition) is 1. The third kappa shape index (κ3) is 3.20. The van der Waals surface area contributed by atoms with Crippen LogP contribution in [0.15, 0.2) is 24.3 Å². The largest absolute Gasteiger partial charge is 0.508 e. The quantitative estimate of drug-likeness (QED) is 0.520. The molecule has 0 saturated heterocycles. The van der Waals surface area contributed by atoms with Crippen molar-refractivity contribution in [2.45, 2.75) is 20.0 Å². The molecule has 2 rings (SSSR count). The second-order valence-corrected chi connectivity index (χ2v) is 4.89. The molecule has 0 spiro atoms. The number of aryl methyl sites for hydroxylation is 1. The molecule has 0 aliphatic carbocycles. The van der Waals surface area contributed by atoms with E-state index in [4.69, 9.17) is 4.74 Å². The summed E-state index contributed by atoms with van der Waals surface area (Å²) in [6, 6.07) is 3.81. The van der Waals surface area contributed by atoms with E-state index in [1.54, 1.807) is 0 Å². The maximum atomic E-state index is 13.9. The molecule has 23 heavy (non-hydrogen) atoms. The maximum absolute atomic E-state index is 13.9. The predicted molar refractivity (Wildman–Crippen MR) is 74.9 cm³/mol. The summed E-state index contributed by atoms with van der Waals surface area (Å²) < 4.78 is 46.6. The minimum absolute atomic E-state index is 0.209. The van der Waals surface area contributed by atoms with Crippen LogP contribution in [0.1, 0.15) is 24.2 Å². The van der Waals surface area contributed by atoms with Crippen molar-refractivity contribution >= 4 is 5.69 Å². The van der Waals surface area contributed by atoms with Gasteiger partial charge in [-0.25, -0.2) is 13.2 Å². The number of phenols is 1. The fourth-order valence-electron chi connectivity index (χ4n) is 2.10. The van der Waals surface area contributed by atoms with Crippen LogP contribution in [0.2, 0.25) is 0 Å². The molecular weight excluding hydrogens is 315 g/mol. The lowest BCUT2D eigenvalue weighted by Crippen LogP contribution is -2.11. The van der Waals surface area contributed by atoms with E-state index in [9.17, 15) is 28.4 Å². The van der Waals surface area contributed by atoms with Gasteiger partial charge in [0.2, 0.25) is 5.75 Å². The second-order valence-electron chi connectivity index (χ2n) is 4.89. The Morgan fingerprint density at radius 1 is 1.22 bits per heavy atom. The average Bonchev–Trinajstić information content (AvgIpc) is 2.44. The van der Waals surface area contributed by atoms with Crippen LogP contribution in [0.4, 0.5) is 18.9 Å². The van der Waals surface area contributed by atoms with Gasteiger partial charge in [0.15, 0.2) is 11.6 Å². The lowest BCUT2D eigenvalue weighted by atomic mass is 10.1. The van der Waals surface area contributed by atoms with E-state index >= 15 is 0 Å². The molecule has 122 valence electrons. The Labute approximate surface area is 129 Å². The molecule has 0 radical (unpaired) electrons. The van der Waals surface area contributed by atoms with Crippen molar-refractivity contribution in [2.24, 2.45) is 0 Å². The van der Waals surface area contributed by atoms with Crippen molar-refractivity contribution in [1.82, 2.24) is 0 Å². The summed E-state index contributed by atoms with van der Waals surface area (Å²) in [4.78, 5) is 10.1. The normalized spacial score (nSPS) is 12.0. The van der Waals surface area contributed by atoms with E-state index in [-0.39, 0.29) is 17.1 Å². The first kappa shape index (κ1) is 16.6. The summed E-state index contributed by atoms with van der Waals surface area (Å²) >= 11 is 0. The van der Waals surface area contributed by atoms with Gasteiger partial charge in [-0.2, -0.15) is 0 Å². The summed E-state index contributed by atoms with van der Waals surface area (Å²) in [5, 5.41) is 20.3. The lowest BCUT2D eigenvalue weighted by Gasteiger charge is -2.17. The number of nitrogens with zero attached hydrogens (tertiary/aromatic N) is 1. The van der Waals surface area contributed by atoms with Crippen LogP contribution < -0.4 is 4.74 Å². The van der Waals surface area contributed by atoms with Crippen LogP contribution in [-0.4, -0.2) is 10.0 Å². The molecule has 0 bridgehead atoms. The van der Waals surface area contributed by atoms with E-state index in [0.717, 1.165) is 24.3 Å². The highest BCUT2D eigenvalue weighted by Crippen LogP contribution is 2.35. The summed E-state index contributed by atoms with van der Waals surface area (Å²) in [5.41, 5.74) is -1.40. The molecule has 0 fully saturated rings. The van der Waals surface area contributed by atoms with Crippen molar-refractivity contribution < 1.29 is 27.9 Å². The molecule has 0 amide bonds. The van der Waals surface area contributed by atoms with E-state index < -0.39 is 39.7 Å². The summed E-state index contributed by atoms with van der Waals surface area (Å²) in [7, 11) is 0. The van der Waals surface area contributed by atoms with E-state index in [1.165, 1.54) is 13.8 Å². The van der Waals surface area contributed by atoms with Crippen LogP contribution in [0.25, 0.3) is 0 Å². The third-order valence-electron chi connectivity index (χ3n) is 3.23. The highest BCUT2D eigenvalue weighted by Gasteiger charge is 2.25. The predicted octanol–water partition coefficient (Wildman–Crippen LogP) is 4.17. The van der Waals surface area contributed by atoms with Crippen molar-refractivity contribution in [3.05, 3.63) is 63.0 Å². The zero-order chi connectivity index (χ0) is 17.3. The number of ether oxygens (including phenoxy) is 1. The summed E-state index contributed by atoms with van der Waals surface area (Å²) in [6.07, 6.45) is -1.36. The van der Waals surface area contributed by atoms with Gasteiger partial charge in [0.05, 0.1) is 10.5 Å². The molecule has 8 heteroatoms. The Hall–Kier alpha value is -2.77. The zero-order valence-corrected chi connectivity index (χ0v) is 12.1. The van der Waals surface area contributed by atoms with Gasteiger partial charge in [-0.15, -0.1) is 0 Å². The monoisotopic (exact) mass is 327 g/mol. The second kappa shape index (κ2) is 6.15. The first-order valence-electron chi connectivity index (χ1n) is 6.50. The van der Waals surface area contributed by atoms with E-state index in [2.05, 4.69) is 0 Å². The number of phenolic OH excluding ortho intramolecular Hbond substituents is 1. The summed E-state index contributed by atoms with van der Waals surface area (Å²) in [5.74, 6) is -4.38. The van der Waals surface area contributed by atoms with Gasteiger partial charge in [0.25, 0.3) is 0 Å². The van der Waals surface area contributed by atoms with Crippen LogP contribution in [0.5, 0.6) is 11.5 Å². The standard InChI is InChI=1S/C15H12F3NO4/c1-7-5-10(16)13(15(18)14(7)17)8(2)23-12-6-9(20)3-4-11(12)19(21)22/h3-6,8,20H,1-2H3. The van der Waals surface area contributed by atoms with Crippen molar-refractivity contribution in [2.75, 3.05) is 0 Å². The Kier molecular flexibility index (Phi) is 4.44. The topological polar surface area (TPSA) is 72.6 Å². The van der Waals surface area contributed by atoms with Gasteiger partial charge in [-0.3, -0.25) is 10.1 Å². The van der Waals surface area contributed by atoms with Crippen LogP contribution >= 0.6 is 0 Å². The van der Waals surface area contributed by atoms with Gasteiger partial charge >= 0.3 is 5.69 Å². The molecule has 1 N–H and O–H groups in total. The number of halogens is 3. The molecule has 5 nitrogen and oxygen atoms in total. The van der Waals surface area contributed by atoms with Crippen LogP contribution in [0, 0.1) is 34.5 Å². The lowest BCUT2D eigenvalue weighted by molar-refractivity contribution is -0.386. The van der Waals surface area contributed by atoms with Gasteiger partial charge in [0.1, 0.15) is 17.7 Å². The van der Waals surface area contributed by atoms with Gasteiger partial charge in [-0.1, -0.05) is 0 Å². The fourth-order valence-corrected chi connectivity index (χ4v) is 2.10. The molecule has 2 aromatic carbocycles. The maximum Gasteiger partial charge on any atom is 0.311 e. The Bertz CT molecular complexity index is 780. The molecule has 0 aliphatic rings. The minimum atomic E-state index is -1.42. The van der Waals surface area contributed by atoms with Crippen LogP contribution in [0.3, 0.4) is 0 Å². The SMILES string of the molecule is Cc1cc(F)c(C(C)Oc2cc(O)ccc2[N+](=O)[O-])c(F)c1F. The van der Waals surface area contributed by atoms with Crippen molar-refractivity contribution in [3.8, 4) is 11.5 Å². The smallest absolute Gasteiger partial charge is 0.311 e. The molecule has 0 aliphatic heterocycles. The Morgan fingerprint density at radius 2 is 1.87 bits per heavy atom.